The van der Waals surface area contributed by atoms with Crippen molar-refractivity contribution in [1.82, 2.24) is 25.0 Å². The van der Waals surface area contributed by atoms with Crippen molar-refractivity contribution in [3.05, 3.63) is 98.4 Å². The number of hydrogen-bond acceptors (Lipinski definition) is 10. The first-order valence-corrected chi connectivity index (χ1v) is 22.2. The number of ether oxygens (including phenoxy) is 1. The first-order valence-electron chi connectivity index (χ1n) is 21.0. The van der Waals surface area contributed by atoms with Crippen LogP contribution in [0, 0.1) is 54.3 Å². The van der Waals surface area contributed by atoms with Crippen LogP contribution in [0.5, 0.6) is 11.5 Å². The second-order valence-corrected chi connectivity index (χ2v) is 18.8. The van der Waals surface area contributed by atoms with Crippen LogP contribution in [-0.4, -0.2) is 73.7 Å². The Morgan fingerprint density at radius 1 is 1.05 bits per heavy atom. The minimum atomic E-state index is -0.333. The number of piperidine rings is 1. The summed E-state index contributed by atoms with van der Waals surface area (Å²) in [5, 5.41) is 47.6. The highest BCUT2D eigenvalue weighted by Crippen LogP contribution is 2.53. The van der Waals surface area contributed by atoms with Gasteiger partial charge < -0.3 is 20.1 Å². The van der Waals surface area contributed by atoms with E-state index in [1.54, 1.807) is 17.4 Å². The molecule has 0 bridgehead atoms. The summed E-state index contributed by atoms with van der Waals surface area (Å²) in [6.45, 7) is 8.80. The van der Waals surface area contributed by atoms with Crippen molar-refractivity contribution in [1.29, 1.82) is 16.1 Å². The summed E-state index contributed by atoms with van der Waals surface area (Å²) in [4.78, 5) is 21.3. The highest BCUT2D eigenvalue weighted by molar-refractivity contribution is 7.15. The molecule has 4 aromatic rings. The van der Waals surface area contributed by atoms with Gasteiger partial charge in [0.2, 0.25) is 0 Å². The summed E-state index contributed by atoms with van der Waals surface area (Å²) in [6, 6.07) is 14.8. The lowest BCUT2D eigenvalue weighted by Gasteiger charge is -2.53. The molecule has 14 heteroatoms. The molecule has 2 aromatic heterocycles. The fraction of sp³-hybridized carbons (Fsp3) is 0.457. The van der Waals surface area contributed by atoms with Crippen LogP contribution in [0.15, 0.2) is 59.6 Å². The number of nitrogens with zero attached hydrogens (tertiary/aromatic N) is 6. The van der Waals surface area contributed by atoms with Gasteiger partial charge in [-0.1, -0.05) is 30.9 Å². The number of nitriles is 1. The van der Waals surface area contributed by atoms with Gasteiger partial charge in [0.1, 0.15) is 45.5 Å². The van der Waals surface area contributed by atoms with E-state index in [2.05, 4.69) is 63.1 Å². The third-order valence-corrected chi connectivity index (χ3v) is 14.3. The maximum absolute atomic E-state index is 12.5. The summed E-state index contributed by atoms with van der Waals surface area (Å²) in [5.41, 5.74) is 4.83. The number of phenols is 1. The zero-order valence-electron chi connectivity index (χ0n) is 34.5. The SMILES string of the molecule is Cc1sc2c(c1C)C(c1ccc(OCC3CC4(CCCN(C(=N)/C=C\C(=N)C(=O)NC5CCCCC5)C4)C3)cc1)=NC1(CC1)c1nnc(C)n1-2.N#Cc1ccc(O)cc1Cl. The second kappa shape index (κ2) is 17.0. The van der Waals surface area contributed by atoms with Crippen molar-refractivity contribution >= 4 is 46.1 Å². The number of nitrogens with one attached hydrogen (secondary N) is 3. The Kier molecular flexibility index (Phi) is 11.7. The number of aromatic hydroxyl groups is 1. The lowest BCUT2D eigenvalue weighted by molar-refractivity contribution is -0.115. The number of hydrogen-bond donors (Lipinski definition) is 4. The zero-order valence-corrected chi connectivity index (χ0v) is 36.1. The maximum atomic E-state index is 12.5. The van der Waals surface area contributed by atoms with E-state index in [9.17, 15) is 4.79 Å². The van der Waals surface area contributed by atoms with Gasteiger partial charge >= 0.3 is 0 Å². The van der Waals surface area contributed by atoms with Gasteiger partial charge in [0.05, 0.1) is 22.9 Å². The minimum Gasteiger partial charge on any atom is -0.508 e. The number of rotatable bonds is 8. The lowest BCUT2D eigenvalue weighted by Crippen LogP contribution is -2.52. The zero-order chi connectivity index (χ0) is 42.2. The second-order valence-electron chi connectivity index (χ2n) is 17.2. The predicted octanol–water partition coefficient (Wildman–Crippen LogP) is 8.88. The van der Waals surface area contributed by atoms with Crippen molar-refractivity contribution in [3.8, 4) is 22.6 Å². The van der Waals surface area contributed by atoms with Gasteiger partial charge in [-0.25, -0.2) is 0 Å². The van der Waals surface area contributed by atoms with Crippen LogP contribution in [0.3, 0.4) is 0 Å². The Bertz CT molecular complexity index is 2410. The predicted molar refractivity (Wildman–Crippen MR) is 235 cm³/mol. The van der Waals surface area contributed by atoms with Gasteiger partial charge in [-0.3, -0.25) is 25.2 Å². The van der Waals surface area contributed by atoms with Gasteiger partial charge in [0.15, 0.2) is 5.82 Å². The van der Waals surface area contributed by atoms with Gasteiger partial charge in [0.25, 0.3) is 5.91 Å². The van der Waals surface area contributed by atoms with Crippen molar-refractivity contribution in [2.24, 2.45) is 16.3 Å². The van der Waals surface area contributed by atoms with Crippen molar-refractivity contribution in [3.63, 3.8) is 0 Å². The fourth-order valence-corrected chi connectivity index (χ4v) is 10.8. The number of aryl methyl sites for hydroxylation is 2. The van der Waals surface area contributed by atoms with Crippen LogP contribution in [0.4, 0.5) is 0 Å². The molecule has 4 N–H and O–H groups in total. The van der Waals surface area contributed by atoms with Crippen LogP contribution in [0.25, 0.3) is 5.00 Å². The molecule has 0 atom stereocenters. The molecule has 2 aliphatic heterocycles. The third kappa shape index (κ3) is 8.50. The molecule has 0 unspecified atom stereocenters. The normalized spacial score (nSPS) is 21.4. The lowest BCUT2D eigenvalue weighted by atomic mass is 9.58. The average Bonchev–Trinajstić information content (AvgIpc) is 3.85. The number of likely N-dealkylation sites (tertiary alicyclic amines) is 1. The highest BCUT2D eigenvalue weighted by Gasteiger charge is 2.52. The monoisotopic (exact) mass is 845 g/mol. The Morgan fingerprint density at radius 3 is 2.50 bits per heavy atom. The molecule has 1 amide bonds. The third-order valence-electron chi connectivity index (χ3n) is 12.8. The quantitative estimate of drug-likeness (QED) is 0.101. The van der Waals surface area contributed by atoms with Crippen molar-refractivity contribution in [2.45, 2.75) is 103 Å². The summed E-state index contributed by atoms with van der Waals surface area (Å²) >= 11 is 7.35. The van der Waals surface area contributed by atoms with E-state index in [0.717, 1.165) is 99.6 Å². The number of carbonyl (C=O) groups is 1. The molecule has 3 saturated carbocycles. The Hall–Kier alpha value is -5.32. The van der Waals surface area contributed by atoms with Crippen LogP contribution in [0.2, 0.25) is 5.02 Å². The van der Waals surface area contributed by atoms with E-state index in [1.165, 1.54) is 58.1 Å². The summed E-state index contributed by atoms with van der Waals surface area (Å²) in [7, 11) is 0. The standard InChI is InChI=1S/C39H48N8O2S.C7H4ClNO/c1-24-25(2)50-36-33(24)34(43-39(17-18-39)37-45-44-26(3)47(36)37)28-10-12-30(13-11-28)49-22-27-20-38(21-27)16-7-19-46(23-38)32(41)15-14-31(40)35(48)42-29-8-5-4-6-9-29;8-7-3-6(10)2-1-5(7)4-9/h10-15,27,29,40-41H,4-9,16-23H2,1-3H3,(H,42,48);1-3,10H/b15-14-,40-31?,41-32?;. The molecule has 60 heavy (non-hydrogen) atoms. The van der Waals surface area contributed by atoms with E-state index in [-0.39, 0.29) is 39.4 Å². The fourth-order valence-electron chi connectivity index (χ4n) is 9.34. The van der Waals surface area contributed by atoms with Crippen molar-refractivity contribution in [2.75, 3.05) is 19.7 Å². The highest BCUT2D eigenvalue weighted by atomic mass is 35.5. The smallest absolute Gasteiger partial charge is 0.269 e. The number of carbonyl (C=O) groups excluding carboxylic acids is 1. The molecule has 5 aliphatic rings. The van der Waals surface area contributed by atoms with E-state index in [4.69, 9.17) is 42.5 Å². The average molecular weight is 847 g/mol. The summed E-state index contributed by atoms with van der Waals surface area (Å²) < 4.78 is 8.58. The first-order chi connectivity index (χ1) is 28.9. The number of amides is 1. The van der Waals surface area contributed by atoms with Gasteiger partial charge in [-0.2, -0.15) is 5.26 Å². The molecular formula is C46H52ClN9O3S. The molecule has 0 radical (unpaired) electrons. The molecule has 2 spiro atoms. The number of amidine groups is 1. The summed E-state index contributed by atoms with van der Waals surface area (Å²) in [6.07, 6.45) is 15.0. The van der Waals surface area contributed by atoms with E-state index in [0.29, 0.717) is 23.9 Å². The number of halogens is 1. The number of aromatic nitrogens is 3. The van der Waals surface area contributed by atoms with Crippen LogP contribution in [-0.2, 0) is 10.3 Å². The molecule has 12 nitrogen and oxygen atoms in total. The van der Waals surface area contributed by atoms with Crippen LogP contribution < -0.4 is 10.1 Å². The molecule has 4 fully saturated rings. The molecule has 9 rings (SSSR count). The van der Waals surface area contributed by atoms with Gasteiger partial charge in [-0.15, -0.1) is 21.5 Å². The summed E-state index contributed by atoms with van der Waals surface area (Å²) in [5.74, 6) is 3.38. The molecule has 4 heterocycles. The van der Waals surface area contributed by atoms with E-state index < -0.39 is 0 Å². The number of aliphatic imine (C=N–C) groups is 1. The molecule has 2 aromatic carbocycles. The Balaban J connectivity index is 0.000000439. The maximum Gasteiger partial charge on any atom is 0.269 e. The van der Waals surface area contributed by atoms with Gasteiger partial charge in [-0.05, 0) is 144 Å². The number of phenolic OH excluding ortho intramolecular Hbond substituents is 1. The largest absolute Gasteiger partial charge is 0.508 e. The number of thiophene rings is 1. The molecule has 312 valence electrons. The van der Waals surface area contributed by atoms with Crippen molar-refractivity contribution < 1.29 is 14.6 Å². The first kappa shape index (κ1) is 41.4. The topological polar surface area (TPSA) is 176 Å². The minimum absolute atomic E-state index is 0.0725. The molecule has 1 saturated heterocycles. The number of benzene rings is 2. The molecule has 3 aliphatic carbocycles. The Labute approximate surface area is 360 Å². The Morgan fingerprint density at radius 2 is 1.80 bits per heavy atom. The van der Waals surface area contributed by atoms with E-state index in [1.807, 2.05) is 13.0 Å². The van der Waals surface area contributed by atoms with Gasteiger partial charge in [0, 0.05) is 35.1 Å². The molecular weight excluding hydrogens is 794 g/mol. The van der Waals surface area contributed by atoms with Crippen LogP contribution >= 0.6 is 22.9 Å². The van der Waals surface area contributed by atoms with Crippen LogP contribution in [0.1, 0.15) is 109 Å². The van der Waals surface area contributed by atoms with E-state index >= 15 is 0 Å². The number of fused-ring (bicyclic) bond motifs is 4.